The van der Waals surface area contributed by atoms with Gasteiger partial charge in [-0.2, -0.15) is 0 Å². The van der Waals surface area contributed by atoms with Crippen molar-refractivity contribution in [2.45, 2.75) is 0 Å². The minimum Gasteiger partial charge on any atom is -0.285 e. The monoisotopic (exact) mass is 167 g/mol. The van der Waals surface area contributed by atoms with E-state index in [4.69, 9.17) is 0 Å². The summed E-state index contributed by atoms with van der Waals surface area (Å²) in [6, 6.07) is 5.98. The van der Waals surface area contributed by atoms with Crippen LogP contribution in [0.1, 0.15) is 0 Å². The van der Waals surface area contributed by atoms with Gasteiger partial charge in [-0.05, 0) is 12.1 Å². The van der Waals surface area contributed by atoms with Crippen LogP contribution in [0.25, 0.3) is 0 Å². The standard InChI is InChI=1S/C8H10FN3/c1-12(2)11-10-8-5-3-4-7(9)6-8/h3-6H,1-2H3. The molecule has 0 amide bonds. The van der Waals surface area contributed by atoms with Crippen molar-refractivity contribution in [1.29, 1.82) is 0 Å². The van der Waals surface area contributed by atoms with Gasteiger partial charge in [-0.1, -0.05) is 11.3 Å². The minimum atomic E-state index is -0.301. The number of rotatable bonds is 2. The quantitative estimate of drug-likeness (QED) is 0.491. The van der Waals surface area contributed by atoms with Gasteiger partial charge in [0.15, 0.2) is 0 Å². The Bertz CT molecular complexity index is 283. The van der Waals surface area contributed by atoms with Gasteiger partial charge in [0, 0.05) is 20.2 Å². The molecule has 0 N–H and O–H groups in total. The molecular weight excluding hydrogens is 157 g/mol. The maximum atomic E-state index is 12.6. The van der Waals surface area contributed by atoms with Crippen molar-refractivity contribution in [2.75, 3.05) is 14.1 Å². The third-order valence-electron chi connectivity index (χ3n) is 1.15. The van der Waals surface area contributed by atoms with Crippen LogP contribution in [0.4, 0.5) is 10.1 Å². The van der Waals surface area contributed by atoms with E-state index in [9.17, 15) is 4.39 Å². The van der Waals surface area contributed by atoms with Crippen molar-refractivity contribution in [3.63, 3.8) is 0 Å². The molecule has 0 radical (unpaired) electrons. The molecular formula is C8H10FN3. The Morgan fingerprint density at radius 1 is 1.33 bits per heavy atom. The Morgan fingerprint density at radius 3 is 2.67 bits per heavy atom. The average Bonchev–Trinajstić information content (AvgIpc) is 2.01. The molecule has 12 heavy (non-hydrogen) atoms. The zero-order chi connectivity index (χ0) is 8.97. The van der Waals surface area contributed by atoms with Crippen LogP contribution in [0.15, 0.2) is 34.6 Å². The lowest BCUT2D eigenvalue weighted by atomic mass is 10.3. The summed E-state index contributed by atoms with van der Waals surface area (Å²) in [6.07, 6.45) is 0. The minimum absolute atomic E-state index is 0.301. The van der Waals surface area contributed by atoms with E-state index in [0.717, 1.165) is 0 Å². The Kier molecular flexibility index (Phi) is 2.74. The summed E-state index contributed by atoms with van der Waals surface area (Å²) < 4.78 is 12.6. The van der Waals surface area contributed by atoms with Crippen LogP contribution in [0.3, 0.4) is 0 Å². The second-order valence-electron chi connectivity index (χ2n) is 2.52. The summed E-state index contributed by atoms with van der Waals surface area (Å²) in [5.74, 6) is -0.301. The molecule has 0 aliphatic rings. The highest BCUT2D eigenvalue weighted by Gasteiger charge is 1.91. The first-order valence-electron chi connectivity index (χ1n) is 3.53. The molecule has 0 spiro atoms. The molecule has 1 rings (SSSR count). The lowest BCUT2D eigenvalue weighted by Crippen LogP contribution is -1.98. The van der Waals surface area contributed by atoms with Gasteiger partial charge in [0.05, 0.1) is 5.69 Å². The molecule has 1 aromatic rings. The fourth-order valence-electron chi connectivity index (χ4n) is 0.679. The highest BCUT2D eigenvalue weighted by Crippen LogP contribution is 2.13. The van der Waals surface area contributed by atoms with Gasteiger partial charge in [-0.3, -0.25) is 5.01 Å². The van der Waals surface area contributed by atoms with E-state index in [0.29, 0.717) is 5.69 Å². The SMILES string of the molecule is CN(C)N=Nc1cccc(F)c1. The normalized spacial score (nSPS) is 10.6. The highest BCUT2D eigenvalue weighted by atomic mass is 19.1. The smallest absolute Gasteiger partial charge is 0.125 e. The molecule has 0 bridgehead atoms. The van der Waals surface area contributed by atoms with Crippen LogP contribution >= 0.6 is 0 Å². The Labute approximate surface area is 70.5 Å². The molecule has 0 unspecified atom stereocenters. The Balaban J connectivity index is 2.76. The van der Waals surface area contributed by atoms with E-state index >= 15 is 0 Å². The van der Waals surface area contributed by atoms with E-state index in [1.807, 2.05) is 0 Å². The van der Waals surface area contributed by atoms with Gasteiger partial charge in [0.2, 0.25) is 0 Å². The summed E-state index contributed by atoms with van der Waals surface area (Å²) in [5, 5.41) is 9.05. The number of nitrogens with zero attached hydrogens (tertiary/aromatic N) is 3. The molecule has 0 saturated heterocycles. The lowest BCUT2D eigenvalue weighted by Gasteiger charge is -1.99. The second-order valence-corrected chi connectivity index (χ2v) is 2.52. The fourth-order valence-corrected chi connectivity index (χ4v) is 0.679. The predicted molar refractivity (Wildman–Crippen MR) is 44.6 cm³/mol. The Morgan fingerprint density at radius 2 is 2.08 bits per heavy atom. The van der Waals surface area contributed by atoms with Crippen LogP contribution in [0, 0.1) is 5.82 Å². The molecule has 64 valence electrons. The van der Waals surface area contributed by atoms with Crippen LogP contribution in [-0.2, 0) is 0 Å². The van der Waals surface area contributed by atoms with Crippen LogP contribution < -0.4 is 0 Å². The third-order valence-corrected chi connectivity index (χ3v) is 1.15. The van der Waals surface area contributed by atoms with E-state index in [1.165, 1.54) is 12.1 Å². The summed E-state index contributed by atoms with van der Waals surface area (Å²) in [4.78, 5) is 0. The summed E-state index contributed by atoms with van der Waals surface area (Å²) in [7, 11) is 3.51. The molecule has 4 heteroatoms. The highest BCUT2D eigenvalue weighted by molar-refractivity contribution is 5.35. The molecule has 3 nitrogen and oxygen atoms in total. The zero-order valence-corrected chi connectivity index (χ0v) is 7.03. The molecule has 0 fully saturated rings. The van der Waals surface area contributed by atoms with Crippen molar-refractivity contribution in [3.8, 4) is 0 Å². The summed E-state index contributed by atoms with van der Waals surface area (Å²) in [6.45, 7) is 0. The Hall–Kier alpha value is -1.45. The average molecular weight is 167 g/mol. The van der Waals surface area contributed by atoms with Crippen molar-refractivity contribution in [2.24, 2.45) is 10.3 Å². The second kappa shape index (κ2) is 3.80. The van der Waals surface area contributed by atoms with E-state index in [-0.39, 0.29) is 5.82 Å². The molecule has 1 aromatic carbocycles. The van der Waals surface area contributed by atoms with E-state index < -0.39 is 0 Å². The van der Waals surface area contributed by atoms with Gasteiger partial charge < -0.3 is 0 Å². The van der Waals surface area contributed by atoms with E-state index in [1.54, 1.807) is 31.2 Å². The molecule has 0 aliphatic heterocycles. The third kappa shape index (κ3) is 2.65. The van der Waals surface area contributed by atoms with Crippen molar-refractivity contribution >= 4 is 5.69 Å². The number of hydrogen-bond acceptors (Lipinski definition) is 2. The maximum absolute atomic E-state index is 12.6. The van der Waals surface area contributed by atoms with Crippen molar-refractivity contribution in [3.05, 3.63) is 30.1 Å². The topological polar surface area (TPSA) is 28.0 Å². The van der Waals surface area contributed by atoms with Crippen LogP contribution in [-0.4, -0.2) is 19.1 Å². The van der Waals surface area contributed by atoms with Gasteiger partial charge in [0.1, 0.15) is 5.82 Å². The van der Waals surface area contributed by atoms with Crippen LogP contribution in [0.2, 0.25) is 0 Å². The first-order valence-corrected chi connectivity index (χ1v) is 3.53. The zero-order valence-electron chi connectivity index (χ0n) is 7.03. The molecule has 0 aromatic heterocycles. The summed E-state index contributed by atoms with van der Waals surface area (Å²) in [5.41, 5.74) is 0.517. The van der Waals surface area contributed by atoms with Crippen molar-refractivity contribution in [1.82, 2.24) is 5.01 Å². The number of benzene rings is 1. The predicted octanol–water partition coefficient (Wildman–Crippen LogP) is 2.39. The molecule has 0 saturated carbocycles. The van der Waals surface area contributed by atoms with Crippen LogP contribution in [0.5, 0.6) is 0 Å². The number of hydrogen-bond donors (Lipinski definition) is 0. The largest absolute Gasteiger partial charge is 0.285 e. The fraction of sp³-hybridized carbons (Fsp3) is 0.250. The first kappa shape index (κ1) is 8.64. The van der Waals surface area contributed by atoms with Gasteiger partial charge in [0.25, 0.3) is 0 Å². The number of halogens is 1. The van der Waals surface area contributed by atoms with Crippen molar-refractivity contribution < 1.29 is 4.39 Å². The molecule has 0 heterocycles. The maximum Gasteiger partial charge on any atom is 0.125 e. The molecule has 0 atom stereocenters. The van der Waals surface area contributed by atoms with Gasteiger partial charge >= 0.3 is 0 Å². The van der Waals surface area contributed by atoms with Gasteiger partial charge in [-0.25, -0.2) is 4.39 Å². The van der Waals surface area contributed by atoms with E-state index in [2.05, 4.69) is 10.3 Å². The molecule has 0 aliphatic carbocycles. The first-order chi connectivity index (χ1) is 5.68. The van der Waals surface area contributed by atoms with Gasteiger partial charge in [-0.15, -0.1) is 5.11 Å². The lowest BCUT2D eigenvalue weighted by molar-refractivity contribution is 0.408. The summed E-state index contributed by atoms with van der Waals surface area (Å²) >= 11 is 0.